The molecule has 0 radical (unpaired) electrons. The Kier molecular flexibility index (Phi) is 5.58. The van der Waals surface area contributed by atoms with Crippen molar-refractivity contribution in [3.63, 3.8) is 0 Å². The van der Waals surface area contributed by atoms with Crippen LogP contribution in [-0.2, 0) is 14.8 Å². The second-order valence-corrected chi connectivity index (χ2v) is 8.74. The van der Waals surface area contributed by atoms with Crippen molar-refractivity contribution in [2.45, 2.75) is 44.9 Å². The average molecular weight is 372 g/mol. The van der Waals surface area contributed by atoms with Crippen LogP contribution in [-0.4, -0.2) is 49.3 Å². The molecule has 0 saturated carbocycles. The van der Waals surface area contributed by atoms with Gasteiger partial charge in [0.1, 0.15) is 10.7 Å². The number of hydrogen-bond donors (Lipinski definition) is 2. The van der Waals surface area contributed by atoms with Gasteiger partial charge in [-0.05, 0) is 40.0 Å². The maximum absolute atomic E-state index is 12.6. The van der Waals surface area contributed by atoms with Crippen molar-refractivity contribution in [1.29, 1.82) is 0 Å². The minimum atomic E-state index is -3.66. The molecule has 8 nitrogen and oxygen atoms in total. The summed E-state index contributed by atoms with van der Waals surface area (Å²) >= 11 is 0. The van der Waals surface area contributed by atoms with E-state index >= 15 is 0 Å². The molecule has 1 fully saturated rings. The van der Waals surface area contributed by atoms with Crippen molar-refractivity contribution in [3.8, 4) is 0 Å². The summed E-state index contributed by atoms with van der Waals surface area (Å²) in [4.78, 5) is 23.2. The van der Waals surface area contributed by atoms with E-state index in [-0.39, 0.29) is 29.4 Å². The highest BCUT2D eigenvalue weighted by atomic mass is 32.2. The molecule has 2 heterocycles. The van der Waals surface area contributed by atoms with E-state index in [2.05, 4.69) is 5.32 Å². The number of carbonyl (C=O) groups excluding carboxylic acids is 1. The van der Waals surface area contributed by atoms with Gasteiger partial charge in [0, 0.05) is 25.7 Å². The summed E-state index contributed by atoms with van der Waals surface area (Å²) in [6.45, 7) is 5.73. The van der Waals surface area contributed by atoms with Crippen molar-refractivity contribution in [3.05, 3.63) is 17.6 Å². The van der Waals surface area contributed by atoms with Gasteiger partial charge in [-0.3, -0.25) is 9.59 Å². The molecule has 0 atom stereocenters. The number of nitrogens with one attached hydrogen (secondary N) is 1. The zero-order valence-electron chi connectivity index (χ0n) is 14.7. The van der Waals surface area contributed by atoms with Crippen LogP contribution in [0.4, 0.5) is 0 Å². The molecule has 9 heteroatoms. The lowest BCUT2D eigenvalue weighted by atomic mass is 9.90. The molecule has 0 bridgehead atoms. The second kappa shape index (κ2) is 7.17. The van der Waals surface area contributed by atoms with E-state index in [1.165, 1.54) is 17.3 Å². The Morgan fingerprint density at radius 2 is 1.92 bits per heavy atom. The molecule has 0 aromatic carbocycles. The number of sulfonamides is 1. The first-order chi connectivity index (χ1) is 11.6. The standard InChI is InChI=1S/C16H24N2O6S/c1-11-13(25(22,23)18-8-4-5-9-18)10-12(24-11)14(19)17-7-6-16(2,3)15(20)21/h10H,4-9H2,1-3H3,(H,17,19)(H,20,21). The molecule has 1 aliphatic heterocycles. The fourth-order valence-corrected chi connectivity index (χ4v) is 4.26. The van der Waals surface area contributed by atoms with Crippen LogP contribution in [0.25, 0.3) is 0 Å². The highest BCUT2D eigenvalue weighted by molar-refractivity contribution is 7.89. The van der Waals surface area contributed by atoms with E-state index in [4.69, 9.17) is 9.52 Å². The highest BCUT2D eigenvalue weighted by Crippen LogP contribution is 2.26. The van der Waals surface area contributed by atoms with E-state index in [9.17, 15) is 18.0 Å². The predicted octanol–water partition coefficient (Wildman–Crippen LogP) is 1.60. The van der Waals surface area contributed by atoms with Crippen LogP contribution in [0.15, 0.2) is 15.4 Å². The van der Waals surface area contributed by atoms with E-state index in [0.29, 0.717) is 13.1 Å². The van der Waals surface area contributed by atoms with Gasteiger partial charge in [0.05, 0.1) is 5.41 Å². The van der Waals surface area contributed by atoms with Gasteiger partial charge in [0.15, 0.2) is 5.76 Å². The van der Waals surface area contributed by atoms with Crippen molar-refractivity contribution in [1.82, 2.24) is 9.62 Å². The topological polar surface area (TPSA) is 117 Å². The molecule has 140 valence electrons. The summed E-state index contributed by atoms with van der Waals surface area (Å²) in [6, 6.07) is 1.24. The molecule has 0 unspecified atom stereocenters. The third-order valence-corrected chi connectivity index (χ3v) is 6.40. The minimum absolute atomic E-state index is 0.00501. The molecule has 1 amide bonds. The Morgan fingerprint density at radius 3 is 2.48 bits per heavy atom. The molecule has 1 aromatic heterocycles. The van der Waals surface area contributed by atoms with Gasteiger partial charge in [-0.15, -0.1) is 0 Å². The first-order valence-electron chi connectivity index (χ1n) is 8.18. The number of hydrogen-bond acceptors (Lipinski definition) is 5. The molecule has 1 aliphatic rings. The number of aryl methyl sites for hydroxylation is 1. The number of nitrogens with zero attached hydrogens (tertiary/aromatic N) is 1. The number of rotatable bonds is 7. The van der Waals surface area contributed by atoms with Crippen LogP contribution < -0.4 is 5.32 Å². The monoisotopic (exact) mass is 372 g/mol. The van der Waals surface area contributed by atoms with Crippen LogP contribution in [0.5, 0.6) is 0 Å². The molecule has 2 rings (SSSR count). The normalized spacial score (nSPS) is 16.1. The van der Waals surface area contributed by atoms with Crippen LogP contribution in [0, 0.1) is 12.3 Å². The highest BCUT2D eigenvalue weighted by Gasteiger charge is 2.32. The first-order valence-corrected chi connectivity index (χ1v) is 9.62. The van der Waals surface area contributed by atoms with Crippen molar-refractivity contribution in [2.75, 3.05) is 19.6 Å². The summed E-state index contributed by atoms with van der Waals surface area (Å²) in [5.41, 5.74) is -0.962. The molecule has 2 N–H and O–H groups in total. The zero-order chi connectivity index (χ0) is 18.8. The predicted molar refractivity (Wildman–Crippen MR) is 89.8 cm³/mol. The number of aliphatic carboxylic acids is 1. The molecule has 25 heavy (non-hydrogen) atoms. The van der Waals surface area contributed by atoms with Gasteiger partial charge < -0.3 is 14.8 Å². The summed E-state index contributed by atoms with van der Waals surface area (Å²) in [5.74, 6) is -1.44. The smallest absolute Gasteiger partial charge is 0.309 e. The molecule has 1 saturated heterocycles. The van der Waals surface area contributed by atoms with E-state index in [1.807, 2.05) is 0 Å². The zero-order valence-corrected chi connectivity index (χ0v) is 15.5. The van der Waals surface area contributed by atoms with Gasteiger partial charge in [-0.25, -0.2) is 8.42 Å². The Bertz CT molecular complexity index is 760. The summed E-state index contributed by atoms with van der Waals surface area (Å²) in [6.07, 6.45) is 1.89. The second-order valence-electron chi connectivity index (χ2n) is 6.84. The lowest BCUT2D eigenvalue weighted by Crippen LogP contribution is -2.31. The first kappa shape index (κ1) is 19.5. The Labute approximate surface area is 147 Å². The number of amides is 1. The molecular weight excluding hydrogens is 348 g/mol. The average Bonchev–Trinajstić information content (AvgIpc) is 3.16. The van der Waals surface area contributed by atoms with Crippen molar-refractivity contribution in [2.24, 2.45) is 5.41 Å². The summed E-state index contributed by atoms with van der Waals surface area (Å²) in [7, 11) is -3.66. The molecule has 0 aliphatic carbocycles. The van der Waals surface area contributed by atoms with Gasteiger partial charge in [0.25, 0.3) is 5.91 Å². The Balaban J connectivity index is 2.06. The quantitative estimate of drug-likeness (QED) is 0.751. The maximum atomic E-state index is 12.6. The molecule has 1 aromatic rings. The maximum Gasteiger partial charge on any atom is 0.309 e. The van der Waals surface area contributed by atoms with Crippen molar-refractivity contribution >= 4 is 21.9 Å². The minimum Gasteiger partial charge on any atom is -0.481 e. The van der Waals surface area contributed by atoms with Crippen molar-refractivity contribution < 1.29 is 27.5 Å². The van der Waals surface area contributed by atoms with Crippen LogP contribution in [0.1, 0.15) is 49.4 Å². The molecular formula is C16H24N2O6S. The number of carbonyl (C=O) groups is 2. The Hall–Kier alpha value is -1.87. The third-order valence-electron chi connectivity index (χ3n) is 4.39. The Morgan fingerprint density at radius 1 is 1.32 bits per heavy atom. The lowest BCUT2D eigenvalue weighted by molar-refractivity contribution is -0.147. The van der Waals surface area contributed by atoms with E-state index < -0.39 is 27.3 Å². The van der Waals surface area contributed by atoms with Gasteiger partial charge in [0.2, 0.25) is 10.0 Å². The van der Waals surface area contributed by atoms with Crippen LogP contribution in [0.2, 0.25) is 0 Å². The number of carboxylic acid groups (broad SMARTS) is 1. The fourth-order valence-electron chi connectivity index (χ4n) is 2.58. The fraction of sp³-hybridized carbons (Fsp3) is 0.625. The third kappa shape index (κ3) is 4.21. The van der Waals surface area contributed by atoms with Gasteiger partial charge in [-0.1, -0.05) is 0 Å². The van der Waals surface area contributed by atoms with Gasteiger partial charge >= 0.3 is 5.97 Å². The number of furan rings is 1. The van der Waals surface area contributed by atoms with Crippen LogP contribution >= 0.6 is 0 Å². The van der Waals surface area contributed by atoms with Crippen LogP contribution in [0.3, 0.4) is 0 Å². The SMILES string of the molecule is Cc1oc(C(=O)NCCC(C)(C)C(=O)O)cc1S(=O)(=O)N1CCCC1. The largest absolute Gasteiger partial charge is 0.481 e. The summed E-state index contributed by atoms with van der Waals surface area (Å²) in [5, 5.41) is 11.6. The van der Waals surface area contributed by atoms with E-state index in [0.717, 1.165) is 12.8 Å². The summed E-state index contributed by atoms with van der Waals surface area (Å²) < 4.78 is 31.9. The lowest BCUT2D eigenvalue weighted by Gasteiger charge is -2.18. The van der Waals surface area contributed by atoms with Gasteiger partial charge in [-0.2, -0.15) is 4.31 Å². The van der Waals surface area contributed by atoms with E-state index in [1.54, 1.807) is 13.8 Å². The molecule has 0 spiro atoms. The number of carboxylic acids is 1.